The number of H-pyrrole nitrogens is 1. The molecule has 0 radical (unpaired) electrons. The van der Waals surface area contributed by atoms with Crippen LogP contribution in [-0.4, -0.2) is 28.5 Å². The van der Waals surface area contributed by atoms with Gasteiger partial charge in [-0.05, 0) is 60.7 Å². The summed E-state index contributed by atoms with van der Waals surface area (Å²) in [4.78, 5) is 11.2. The molecule has 0 fully saturated rings. The average molecular weight is 512 g/mol. The Balaban J connectivity index is 1.31. The number of benzene rings is 3. The van der Waals surface area contributed by atoms with Gasteiger partial charge in [0.25, 0.3) is 0 Å². The van der Waals surface area contributed by atoms with E-state index in [1.165, 1.54) is 16.7 Å². The first kappa shape index (κ1) is 24.4. The summed E-state index contributed by atoms with van der Waals surface area (Å²) in [7, 11) is 0. The van der Waals surface area contributed by atoms with E-state index >= 15 is 0 Å². The lowest BCUT2D eigenvalue weighted by atomic mass is 10.1. The molecule has 0 atom stereocenters. The van der Waals surface area contributed by atoms with Crippen LogP contribution in [0.4, 0.5) is 0 Å². The van der Waals surface area contributed by atoms with Gasteiger partial charge in [-0.1, -0.05) is 49.7 Å². The molecule has 0 bridgehead atoms. The van der Waals surface area contributed by atoms with E-state index in [0.29, 0.717) is 0 Å². The van der Waals surface area contributed by atoms with Gasteiger partial charge in [-0.3, -0.25) is 4.90 Å². The van der Waals surface area contributed by atoms with Crippen molar-refractivity contribution in [2.45, 2.75) is 52.7 Å². The van der Waals surface area contributed by atoms with Crippen molar-refractivity contribution in [2.24, 2.45) is 0 Å². The fraction of sp³-hybridized carbons (Fsp3) is 0.323. The summed E-state index contributed by atoms with van der Waals surface area (Å²) in [5.74, 6) is 4.15. The number of imidazole rings is 1. The van der Waals surface area contributed by atoms with E-state index in [9.17, 15) is 0 Å². The number of nitrogens with zero attached hydrogens (tertiary/aromatic N) is 2. The molecule has 7 heteroatoms. The van der Waals surface area contributed by atoms with E-state index in [4.69, 9.17) is 23.9 Å². The van der Waals surface area contributed by atoms with Gasteiger partial charge in [-0.25, -0.2) is 4.98 Å². The lowest BCUT2D eigenvalue weighted by Gasteiger charge is -2.23. The number of hydrogen-bond acceptors (Lipinski definition) is 6. The van der Waals surface area contributed by atoms with Gasteiger partial charge in [0.05, 0.1) is 11.4 Å². The Morgan fingerprint density at radius 2 is 1.42 bits per heavy atom. The molecule has 3 heterocycles. The molecule has 0 amide bonds. The maximum absolute atomic E-state index is 5.65. The summed E-state index contributed by atoms with van der Waals surface area (Å²) in [6.45, 7) is 7.14. The molecule has 2 aliphatic heterocycles. The number of nitrogens with one attached hydrogen (secondary N) is 1. The summed E-state index contributed by atoms with van der Waals surface area (Å²) in [5, 5.41) is 0. The summed E-state index contributed by atoms with van der Waals surface area (Å²) < 4.78 is 22.3. The van der Waals surface area contributed by atoms with Crippen molar-refractivity contribution in [1.82, 2.24) is 14.9 Å². The minimum absolute atomic E-state index is 0.274. The van der Waals surface area contributed by atoms with Crippen LogP contribution in [0.15, 0.2) is 60.7 Å². The Bertz CT molecular complexity index is 1370. The molecule has 0 aliphatic carbocycles. The predicted octanol–water partition coefficient (Wildman–Crippen LogP) is 6.39. The lowest BCUT2D eigenvalue weighted by molar-refractivity contribution is 0.173. The quantitative estimate of drug-likeness (QED) is 0.266. The van der Waals surface area contributed by atoms with Crippen LogP contribution in [0.5, 0.6) is 23.0 Å². The largest absolute Gasteiger partial charge is 0.454 e. The highest BCUT2D eigenvalue weighted by molar-refractivity contribution is 5.60. The molecule has 0 unspecified atom stereocenters. The maximum atomic E-state index is 5.65. The van der Waals surface area contributed by atoms with Crippen molar-refractivity contribution in [3.8, 4) is 34.4 Å². The summed E-state index contributed by atoms with van der Waals surface area (Å²) >= 11 is 0. The second-order valence-corrected chi connectivity index (χ2v) is 9.95. The third-order valence-electron chi connectivity index (χ3n) is 7.10. The van der Waals surface area contributed by atoms with Gasteiger partial charge >= 0.3 is 0 Å². The third-order valence-corrected chi connectivity index (χ3v) is 7.10. The number of aromatic amines is 1. The molecule has 1 N–H and O–H groups in total. The smallest absolute Gasteiger partial charge is 0.231 e. The van der Waals surface area contributed by atoms with Gasteiger partial charge in [0.2, 0.25) is 13.6 Å². The topological polar surface area (TPSA) is 68.8 Å². The fourth-order valence-corrected chi connectivity index (χ4v) is 5.08. The molecule has 3 aromatic carbocycles. The number of unbranched alkanes of at least 4 members (excludes halogenated alkanes) is 1. The van der Waals surface area contributed by atoms with E-state index in [2.05, 4.69) is 72.3 Å². The highest BCUT2D eigenvalue weighted by atomic mass is 16.7. The van der Waals surface area contributed by atoms with Crippen LogP contribution in [0, 0.1) is 6.92 Å². The first-order valence-electron chi connectivity index (χ1n) is 13.3. The van der Waals surface area contributed by atoms with Crippen molar-refractivity contribution >= 4 is 0 Å². The molecule has 0 spiro atoms. The molecule has 196 valence electrons. The molecular weight excluding hydrogens is 478 g/mol. The van der Waals surface area contributed by atoms with E-state index < -0.39 is 0 Å². The Morgan fingerprint density at radius 1 is 0.789 bits per heavy atom. The van der Waals surface area contributed by atoms with Gasteiger partial charge in [0.1, 0.15) is 5.82 Å². The lowest BCUT2D eigenvalue weighted by Crippen LogP contribution is -2.23. The fourth-order valence-electron chi connectivity index (χ4n) is 5.08. The SMILES string of the molecule is CCCCc1nc(-c2ccccc2C)[nH]c1CN(Cc1ccc2c(c1)OCO2)Cc1ccc2c(c1)OCO2. The molecule has 1 aromatic heterocycles. The number of aryl methyl sites for hydroxylation is 2. The van der Waals surface area contributed by atoms with Crippen molar-refractivity contribution in [1.29, 1.82) is 0 Å². The van der Waals surface area contributed by atoms with Gasteiger partial charge in [0.15, 0.2) is 23.0 Å². The van der Waals surface area contributed by atoms with Crippen LogP contribution in [0.25, 0.3) is 11.4 Å². The van der Waals surface area contributed by atoms with E-state index in [-0.39, 0.29) is 13.6 Å². The van der Waals surface area contributed by atoms with Crippen molar-refractivity contribution in [3.05, 3.63) is 88.7 Å². The maximum Gasteiger partial charge on any atom is 0.231 e. The van der Waals surface area contributed by atoms with Crippen LogP contribution < -0.4 is 18.9 Å². The van der Waals surface area contributed by atoms with Crippen LogP contribution in [-0.2, 0) is 26.1 Å². The number of aromatic nitrogens is 2. The van der Waals surface area contributed by atoms with Crippen molar-refractivity contribution < 1.29 is 18.9 Å². The summed E-state index contributed by atoms with van der Waals surface area (Å²) in [6, 6.07) is 20.8. The Hall–Kier alpha value is -3.97. The molecule has 0 saturated heterocycles. The average Bonchev–Trinajstić information content (AvgIpc) is 3.67. The highest BCUT2D eigenvalue weighted by Gasteiger charge is 2.20. The van der Waals surface area contributed by atoms with Crippen LogP contribution >= 0.6 is 0 Å². The van der Waals surface area contributed by atoms with Crippen LogP contribution in [0.2, 0.25) is 0 Å². The van der Waals surface area contributed by atoms with E-state index in [0.717, 1.165) is 84.7 Å². The number of ether oxygens (including phenoxy) is 4. The standard InChI is InChI=1S/C31H33N3O4/c1-3-4-9-25-26(33-31(32-25)24-8-6-5-7-21(24)2)18-34(16-22-10-12-27-29(14-22)37-19-35-27)17-23-11-13-28-30(15-23)38-20-36-28/h5-8,10-15H,3-4,9,16-20H2,1-2H3,(H,32,33). The molecule has 2 aliphatic rings. The van der Waals surface area contributed by atoms with Crippen molar-refractivity contribution in [2.75, 3.05) is 13.6 Å². The monoisotopic (exact) mass is 511 g/mol. The molecule has 7 nitrogen and oxygen atoms in total. The first-order valence-corrected chi connectivity index (χ1v) is 13.3. The van der Waals surface area contributed by atoms with E-state index in [1.807, 2.05) is 12.1 Å². The second-order valence-electron chi connectivity index (χ2n) is 9.95. The minimum Gasteiger partial charge on any atom is -0.454 e. The van der Waals surface area contributed by atoms with Gasteiger partial charge in [0, 0.05) is 25.2 Å². The molecule has 38 heavy (non-hydrogen) atoms. The minimum atomic E-state index is 0.274. The Morgan fingerprint density at radius 3 is 2.05 bits per heavy atom. The Kier molecular flexibility index (Phi) is 6.92. The van der Waals surface area contributed by atoms with Crippen molar-refractivity contribution in [3.63, 3.8) is 0 Å². The normalized spacial score (nSPS) is 13.4. The number of rotatable bonds is 10. The van der Waals surface area contributed by atoms with Crippen LogP contribution in [0.3, 0.4) is 0 Å². The molecule has 0 saturated carbocycles. The molecular formula is C31H33N3O4. The number of hydrogen-bond donors (Lipinski definition) is 1. The summed E-state index contributed by atoms with van der Waals surface area (Å²) in [5.41, 5.74) is 7.01. The van der Waals surface area contributed by atoms with Gasteiger partial charge in [-0.15, -0.1) is 0 Å². The third kappa shape index (κ3) is 5.20. The molecule has 4 aromatic rings. The highest BCUT2D eigenvalue weighted by Crippen LogP contribution is 2.35. The first-order chi connectivity index (χ1) is 18.7. The van der Waals surface area contributed by atoms with Crippen LogP contribution in [0.1, 0.15) is 47.8 Å². The zero-order chi connectivity index (χ0) is 25.9. The summed E-state index contributed by atoms with van der Waals surface area (Å²) in [6.07, 6.45) is 3.19. The Labute approximate surface area is 223 Å². The zero-order valence-corrected chi connectivity index (χ0v) is 22.0. The predicted molar refractivity (Wildman–Crippen MR) is 145 cm³/mol. The van der Waals surface area contributed by atoms with Gasteiger partial charge in [-0.2, -0.15) is 0 Å². The zero-order valence-electron chi connectivity index (χ0n) is 22.0. The number of fused-ring (bicyclic) bond motifs is 2. The second kappa shape index (κ2) is 10.8. The van der Waals surface area contributed by atoms with E-state index in [1.54, 1.807) is 0 Å². The molecule has 6 rings (SSSR count). The van der Waals surface area contributed by atoms with Gasteiger partial charge < -0.3 is 23.9 Å².